The Balaban J connectivity index is 3.26. The number of nitrogens with one attached hydrogen (secondary N) is 1. The lowest BCUT2D eigenvalue weighted by atomic mass is 10.8. The summed E-state index contributed by atoms with van der Waals surface area (Å²) in [6.07, 6.45) is 0. The fraction of sp³-hybridized carbons (Fsp3) is 0.750. The van der Waals surface area contributed by atoms with E-state index in [2.05, 4.69) is 10.3 Å². The van der Waals surface area contributed by atoms with Gasteiger partial charge in [-0.15, -0.1) is 0 Å². The highest BCUT2D eigenvalue weighted by atomic mass is 35.5. The van der Waals surface area contributed by atoms with E-state index in [4.69, 9.17) is 11.6 Å². The normalized spacial score (nSPS) is 11.6. The molecule has 0 aliphatic rings. The average molecular weight is 139 g/mol. The zero-order chi connectivity index (χ0) is 6.41. The number of hydrogen-bond donors (Lipinski definition) is 1. The van der Waals surface area contributed by atoms with E-state index in [1.54, 1.807) is 7.05 Å². The molecule has 0 heterocycles. The predicted molar refractivity (Wildman–Crippen MR) is 33.2 cm³/mol. The van der Waals surface area contributed by atoms with Crippen LogP contribution in [0.4, 0.5) is 4.39 Å². The van der Waals surface area contributed by atoms with Gasteiger partial charge < -0.3 is 5.32 Å². The second-order valence-corrected chi connectivity index (χ2v) is 1.47. The Hall–Kier alpha value is -0.310. The van der Waals surface area contributed by atoms with E-state index in [9.17, 15) is 4.39 Å². The molecular weight excluding hydrogens is 131 g/mol. The molecule has 2 nitrogen and oxygen atoms in total. The molecule has 48 valence electrons. The lowest BCUT2D eigenvalue weighted by Gasteiger charge is -1.91. The standard InChI is InChI=1S/C4H8ClFN2/c1-7-4(5)8-3-2-6/h2-3H2,1H3,(H,7,8). The van der Waals surface area contributed by atoms with Gasteiger partial charge in [0.1, 0.15) is 6.67 Å². The third-order valence-electron chi connectivity index (χ3n) is 0.541. The van der Waals surface area contributed by atoms with Crippen LogP contribution in [0.15, 0.2) is 4.99 Å². The molecule has 0 atom stereocenters. The summed E-state index contributed by atoms with van der Waals surface area (Å²) in [6.45, 7) is -0.322. The van der Waals surface area contributed by atoms with Crippen molar-refractivity contribution in [3.8, 4) is 0 Å². The van der Waals surface area contributed by atoms with Gasteiger partial charge in [0.15, 0.2) is 5.29 Å². The van der Waals surface area contributed by atoms with Gasteiger partial charge in [0.2, 0.25) is 0 Å². The fourth-order valence-corrected chi connectivity index (χ4v) is 0.304. The number of alkyl halides is 1. The van der Waals surface area contributed by atoms with Gasteiger partial charge in [-0.25, -0.2) is 4.39 Å². The maximum atomic E-state index is 11.3. The van der Waals surface area contributed by atoms with Gasteiger partial charge in [-0.3, -0.25) is 4.99 Å². The highest BCUT2D eigenvalue weighted by molar-refractivity contribution is 6.64. The number of nitrogens with zero attached hydrogens (tertiary/aromatic N) is 1. The summed E-state index contributed by atoms with van der Waals surface area (Å²) >= 11 is 5.32. The third kappa shape index (κ3) is 3.87. The van der Waals surface area contributed by atoms with Gasteiger partial charge in [-0.05, 0) is 11.6 Å². The molecule has 0 fully saturated rings. The largest absolute Gasteiger partial charge is 0.364 e. The summed E-state index contributed by atoms with van der Waals surface area (Å²) in [4.78, 5) is 3.56. The van der Waals surface area contributed by atoms with E-state index in [-0.39, 0.29) is 11.8 Å². The molecule has 0 amide bonds. The van der Waals surface area contributed by atoms with Crippen LogP contribution >= 0.6 is 11.6 Å². The summed E-state index contributed by atoms with van der Waals surface area (Å²) in [5.41, 5.74) is 0. The summed E-state index contributed by atoms with van der Waals surface area (Å²) in [5, 5.41) is 2.80. The first-order chi connectivity index (χ1) is 3.81. The molecule has 1 N–H and O–H groups in total. The van der Waals surface area contributed by atoms with E-state index in [0.29, 0.717) is 0 Å². The van der Waals surface area contributed by atoms with Crippen molar-refractivity contribution in [1.82, 2.24) is 5.32 Å². The van der Waals surface area contributed by atoms with E-state index < -0.39 is 6.67 Å². The highest BCUT2D eigenvalue weighted by Gasteiger charge is 1.83. The molecule has 8 heavy (non-hydrogen) atoms. The number of amidine groups is 1. The number of hydrogen-bond acceptors (Lipinski definition) is 1. The van der Waals surface area contributed by atoms with Gasteiger partial charge in [-0.1, -0.05) is 0 Å². The van der Waals surface area contributed by atoms with Gasteiger partial charge in [0, 0.05) is 7.05 Å². The maximum absolute atomic E-state index is 11.3. The molecule has 0 bridgehead atoms. The van der Waals surface area contributed by atoms with Crippen molar-refractivity contribution < 1.29 is 4.39 Å². The molecule has 0 aromatic heterocycles. The zero-order valence-corrected chi connectivity index (χ0v) is 5.37. The molecule has 0 aliphatic carbocycles. The van der Waals surface area contributed by atoms with Crippen LogP contribution in [0.25, 0.3) is 0 Å². The van der Waals surface area contributed by atoms with E-state index in [1.807, 2.05) is 0 Å². The Labute approximate surface area is 52.7 Å². The minimum Gasteiger partial charge on any atom is -0.364 e. The van der Waals surface area contributed by atoms with E-state index in [0.717, 1.165) is 0 Å². The van der Waals surface area contributed by atoms with Crippen molar-refractivity contribution in [2.45, 2.75) is 0 Å². The van der Waals surface area contributed by atoms with Crippen molar-refractivity contribution in [2.75, 3.05) is 20.3 Å². The Morgan fingerprint density at radius 1 is 1.88 bits per heavy atom. The molecular formula is C4H8ClFN2. The Bertz CT molecular complexity index is 84.1. The Kier molecular flexibility index (Phi) is 4.65. The molecule has 0 saturated heterocycles. The van der Waals surface area contributed by atoms with Crippen LogP contribution < -0.4 is 5.32 Å². The van der Waals surface area contributed by atoms with Crippen LogP contribution in [-0.2, 0) is 0 Å². The zero-order valence-electron chi connectivity index (χ0n) is 4.62. The summed E-state index contributed by atoms with van der Waals surface area (Å²) in [6, 6.07) is 0. The summed E-state index contributed by atoms with van der Waals surface area (Å²) < 4.78 is 11.3. The first kappa shape index (κ1) is 7.69. The maximum Gasteiger partial charge on any atom is 0.191 e. The first-order valence-electron chi connectivity index (χ1n) is 2.25. The molecule has 0 saturated carbocycles. The van der Waals surface area contributed by atoms with Crippen LogP contribution in [-0.4, -0.2) is 25.6 Å². The Morgan fingerprint density at radius 3 is 2.88 bits per heavy atom. The third-order valence-corrected chi connectivity index (χ3v) is 0.850. The summed E-state index contributed by atoms with van der Waals surface area (Å²) in [7, 11) is 1.63. The van der Waals surface area contributed by atoms with E-state index >= 15 is 0 Å². The number of rotatable bonds is 2. The summed E-state index contributed by atoms with van der Waals surface area (Å²) in [5.74, 6) is 0. The van der Waals surface area contributed by atoms with Crippen LogP contribution in [0.5, 0.6) is 0 Å². The molecule has 0 aliphatic heterocycles. The second-order valence-electron chi connectivity index (χ2n) is 1.11. The van der Waals surface area contributed by atoms with Crippen LogP contribution in [0.3, 0.4) is 0 Å². The molecule has 4 heteroatoms. The topological polar surface area (TPSA) is 24.4 Å². The van der Waals surface area contributed by atoms with Crippen molar-refractivity contribution in [2.24, 2.45) is 4.99 Å². The van der Waals surface area contributed by atoms with Crippen molar-refractivity contribution in [1.29, 1.82) is 0 Å². The smallest absolute Gasteiger partial charge is 0.191 e. The van der Waals surface area contributed by atoms with Gasteiger partial charge >= 0.3 is 0 Å². The van der Waals surface area contributed by atoms with Crippen LogP contribution in [0.1, 0.15) is 0 Å². The van der Waals surface area contributed by atoms with Crippen LogP contribution in [0.2, 0.25) is 0 Å². The molecule has 0 spiro atoms. The van der Waals surface area contributed by atoms with Gasteiger partial charge in [-0.2, -0.15) is 0 Å². The van der Waals surface area contributed by atoms with Gasteiger partial charge in [0.25, 0.3) is 0 Å². The lowest BCUT2D eigenvalue weighted by molar-refractivity contribution is 0.505. The quantitative estimate of drug-likeness (QED) is 0.340. The monoisotopic (exact) mass is 138 g/mol. The van der Waals surface area contributed by atoms with Crippen molar-refractivity contribution >= 4 is 16.9 Å². The molecule has 0 radical (unpaired) electrons. The average Bonchev–Trinajstić information content (AvgIpc) is 1.83. The van der Waals surface area contributed by atoms with Gasteiger partial charge in [0.05, 0.1) is 6.54 Å². The first-order valence-corrected chi connectivity index (χ1v) is 2.62. The van der Waals surface area contributed by atoms with Crippen LogP contribution in [0, 0.1) is 0 Å². The highest BCUT2D eigenvalue weighted by Crippen LogP contribution is 1.79. The minimum absolute atomic E-state index is 0.139. The second kappa shape index (κ2) is 4.84. The van der Waals surface area contributed by atoms with E-state index in [1.165, 1.54) is 0 Å². The molecule has 0 aromatic rings. The number of halogens is 2. The number of aliphatic imine (C=N–C) groups is 1. The Morgan fingerprint density at radius 2 is 2.50 bits per heavy atom. The molecule has 0 unspecified atom stereocenters. The molecule has 0 aromatic carbocycles. The molecule has 0 rings (SSSR count). The SMILES string of the molecule is CN/C(Cl)=N\CCF. The van der Waals surface area contributed by atoms with Crippen molar-refractivity contribution in [3.05, 3.63) is 0 Å². The predicted octanol–water partition coefficient (Wildman–Crippen LogP) is 0.770. The lowest BCUT2D eigenvalue weighted by Crippen LogP contribution is -2.11. The fourth-order valence-electron chi connectivity index (χ4n) is 0.219. The van der Waals surface area contributed by atoms with Crippen molar-refractivity contribution in [3.63, 3.8) is 0 Å². The minimum atomic E-state index is -0.460.